The summed E-state index contributed by atoms with van der Waals surface area (Å²) in [5.74, 6) is -0.115. The lowest BCUT2D eigenvalue weighted by molar-refractivity contribution is 0.103. The van der Waals surface area contributed by atoms with Gasteiger partial charge in [-0.05, 0) is 24.5 Å². The summed E-state index contributed by atoms with van der Waals surface area (Å²) in [6.45, 7) is 0. The highest BCUT2D eigenvalue weighted by Crippen LogP contribution is 2.25. The zero-order valence-electron chi connectivity index (χ0n) is 13.3. The summed E-state index contributed by atoms with van der Waals surface area (Å²) in [5.41, 5.74) is 7.86. The first-order valence-corrected chi connectivity index (χ1v) is 8.24. The molecule has 2 aromatic rings. The highest BCUT2D eigenvalue weighted by Gasteiger charge is 2.11. The minimum Gasteiger partial charge on any atom is -0.453 e. The van der Waals surface area contributed by atoms with Gasteiger partial charge in [0.05, 0.1) is 18.5 Å². The standard InChI is InChI=1S/C17H17N3O3S/c1-23-17(22)20-16(24-2)19-14-9-8-12(10-13(14)18)15(21)11-6-4-3-5-7-11/h3-10H,18H2,1-2H3,(H,19,20,22). The van der Waals surface area contributed by atoms with Crippen LogP contribution in [0.1, 0.15) is 15.9 Å². The second kappa shape index (κ2) is 8.16. The number of nitrogens with two attached hydrogens (primary N) is 1. The van der Waals surface area contributed by atoms with Gasteiger partial charge in [0.25, 0.3) is 0 Å². The number of amidine groups is 1. The van der Waals surface area contributed by atoms with E-state index in [0.29, 0.717) is 27.7 Å². The lowest BCUT2D eigenvalue weighted by Gasteiger charge is -2.08. The number of carbonyl (C=O) groups excluding carboxylic acids is 2. The fourth-order valence-corrected chi connectivity index (χ4v) is 2.30. The van der Waals surface area contributed by atoms with Gasteiger partial charge in [0.1, 0.15) is 0 Å². The first-order chi connectivity index (χ1) is 11.5. The minimum atomic E-state index is -0.613. The van der Waals surface area contributed by atoms with Crippen molar-refractivity contribution in [2.75, 3.05) is 19.1 Å². The molecule has 7 heteroatoms. The lowest BCUT2D eigenvalue weighted by Crippen LogP contribution is -2.27. The molecule has 0 heterocycles. The molecular weight excluding hydrogens is 326 g/mol. The molecule has 0 aliphatic rings. The molecule has 24 heavy (non-hydrogen) atoms. The van der Waals surface area contributed by atoms with Gasteiger partial charge >= 0.3 is 6.09 Å². The van der Waals surface area contributed by atoms with Crippen molar-refractivity contribution in [2.24, 2.45) is 4.99 Å². The first kappa shape index (κ1) is 17.6. The van der Waals surface area contributed by atoms with Gasteiger partial charge < -0.3 is 10.5 Å². The molecule has 0 fully saturated rings. The molecule has 2 aromatic carbocycles. The van der Waals surface area contributed by atoms with Crippen molar-refractivity contribution in [3.63, 3.8) is 0 Å². The van der Waals surface area contributed by atoms with E-state index < -0.39 is 6.09 Å². The number of benzene rings is 2. The van der Waals surface area contributed by atoms with Crippen LogP contribution < -0.4 is 11.1 Å². The number of nitrogen functional groups attached to an aromatic ring is 1. The van der Waals surface area contributed by atoms with E-state index in [1.807, 2.05) is 6.07 Å². The second-order valence-corrected chi connectivity index (χ2v) is 5.50. The van der Waals surface area contributed by atoms with Crippen molar-refractivity contribution in [3.05, 3.63) is 59.7 Å². The smallest absolute Gasteiger partial charge is 0.412 e. The third kappa shape index (κ3) is 4.36. The van der Waals surface area contributed by atoms with Crippen LogP contribution in [0.25, 0.3) is 0 Å². The van der Waals surface area contributed by atoms with Crippen LogP contribution in [0, 0.1) is 0 Å². The van der Waals surface area contributed by atoms with Crippen molar-refractivity contribution >= 4 is 40.2 Å². The van der Waals surface area contributed by atoms with E-state index in [0.717, 1.165) is 0 Å². The molecule has 0 atom stereocenters. The summed E-state index contributed by atoms with van der Waals surface area (Å²) in [5, 5.41) is 2.83. The number of nitrogens with zero attached hydrogens (tertiary/aromatic N) is 1. The maximum Gasteiger partial charge on any atom is 0.412 e. The number of anilines is 1. The van der Waals surface area contributed by atoms with E-state index >= 15 is 0 Å². The van der Waals surface area contributed by atoms with Crippen LogP contribution in [-0.2, 0) is 4.74 Å². The number of ether oxygens (including phenoxy) is 1. The van der Waals surface area contributed by atoms with Crippen LogP contribution in [0.2, 0.25) is 0 Å². The van der Waals surface area contributed by atoms with Crippen LogP contribution in [0.5, 0.6) is 0 Å². The van der Waals surface area contributed by atoms with Gasteiger partial charge in [0.2, 0.25) is 0 Å². The predicted octanol–water partition coefficient (Wildman–Crippen LogP) is 3.21. The normalized spacial score (nSPS) is 11.0. The van der Waals surface area contributed by atoms with Gasteiger partial charge in [-0.3, -0.25) is 10.1 Å². The number of rotatable bonds is 3. The van der Waals surface area contributed by atoms with E-state index in [9.17, 15) is 9.59 Å². The topological polar surface area (TPSA) is 93.8 Å². The van der Waals surface area contributed by atoms with E-state index in [-0.39, 0.29) is 5.78 Å². The first-order valence-electron chi connectivity index (χ1n) is 7.02. The lowest BCUT2D eigenvalue weighted by atomic mass is 10.0. The van der Waals surface area contributed by atoms with Crippen LogP contribution >= 0.6 is 11.8 Å². The Morgan fingerprint density at radius 3 is 2.42 bits per heavy atom. The number of hydrogen-bond donors (Lipinski definition) is 2. The molecule has 0 saturated carbocycles. The molecule has 2 rings (SSSR count). The summed E-state index contributed by atoms with van der Waals surface area (Å²) < 4.78 is 4.53. The van der Waals surface area contributed by atoms with Gasteiger partial charge in [-0.1, -0.05) is 42.1 Å². The third-order valence-electron chi connectivity index (χ3n) is 3.14. The SMILES string of the molecule is COC(=O)NC(=Nc1ccc(C(=O)c2ccccc2)cc1N)SC. The van der Waals surface area contributed by atoms with Crippen molar-refractivity contribution < 1.29 is 14.3 Å². The highest BCUT2D eigenvalue weighted by atomic mass is 32.2. The molecule has 124 valence electrons. The number of hydrogen-bond acceptors (Lipinski definition) is 6. The molecule has 6 nitrogen and oxygen atoms in total. The number of methoxy groups -OCH3 is 1. The Hall–Kier alpha value is -2.80. The molecular formula is C17H17N3O3S. The fourth-order valence-electron chi connectivity index (χ4n) is 1.93. The largest absolute Gasteiger partial charge is 0.453 e. The Kier molecular flexibility index (Phi) is 5.97. The molecule has 0 aliphatic heterocycles. The average molecular weight is 343 g/mol. The third-order valence-corrected chi connectivity index (χ3v) is 3.72. The van der Waals surface area contributed by atoms with Crippen molar-refractivity contribution in [1.82, 2.24) is 5.32 Å². The number of amides is 1. The molecule has 0 unspecified atom stereocenters. The summed E-state index contributed by atoms with van der Waals surface area (Å²) in [7, 11) is 1.27. The zero-order chi connectivity index (χ0) is 17.5. The number of aliphatic imine (C=N–C) groups is 1. The molecule has 0 spiro atoms. The van der Waals surface area contributed by atoms with Gasteiger partial charge in [-0.15, -0.1) is 0 Å². The molecule has 0 saturated heterocycles. The quantitative estimate of drug-likeness (QED) is 0.386. The Morgan fingerprint density at radius 2 is 1.83 bits per heavy atom. The van der Waals surface area contributed by atoms with E-state index in [2.05, 4.69) is 15.0 Å². The average Bonchev–Trinajstić information content (AvgIpc) is 2.62. The van der Waals surface area contributed by atoms with Gasteiger partial charge in [-0.25, -0.2) is 9.79 Å². The number of thioether (sulfide) groups is 1. The Morgan fingerprint density at radius 1 is 1.12 bits per heavy atom. The number of ketones is 1. The summed E-state index contributed by atoms with van der Waals surface area (Å²) in [4.78, 5) is 27.9. The predicted molar refractivity (Wildman–Crippen MR) is 96.9 cm³/mol. The second-order valence-electron chi connectivity index (χ2n) is 4.71. The van der Waals surface area contributed by atoms with E-state index in [1.54, 1.807) is 48.7 Å². The molecule has 1 amide bonds. The Bertz CT molecular complexity index is 776. The van der Waals surface area contributed by atoms with Crippen molar-refractivity contribution in [2.45, 2.75) is 0 Å². The zero-order valence-corrected chi connectivity index (χ0v) is 14.1. The van der Waals surface area contributed by atoms with Crippen molar-refractivity contribution in [1.29, 1.82) is 0 Å². The molecule has 0 bridgehead atoms. The molecule has 3 N–H and O–H groups in total. The van der Waals surface area contributed by atoms with Crippen LogP contribution in [0.4, 0.5) is 16.2 Å². The van der Waals surface area contributed by atoms with Gasteiger partial charge in [0, 0.05) is 11.1 Å². The maximum absolute atomic E-state index is 12.4. The van der Waals surface area contributed by atoms with Crippen molar-refractivity contribution in [3.8, 4) is 0 Å². The number of carbonyl (C=O) groups is 2. The minimum absolute atomic E-state index is 0.115. The Labute approximate surface area is 144 Å². The van der Waals surface area contributed by atoms with Crippen LogP contribution in [0.3, 0.4) is 0 Å². The van der Waals surface area contributed by atoms with Gasteiger partial charge in [0.15, 0.2) is 11.0 Å². The summed E-state index contributed by atoms with van der Waals surface area (Å²) >= 11 is 1.24. The Balaban J connectivity index is 2.26. The van der Waals surface area contributed by atoms with Crippen LogP contribution in [0.15, 0.2) is 53.5 Å². The van der Waals surface area contributed by atoms with Crippen LogP contribution in [-0.4, -0.2) is 30.4 Å². The monoisotopic (exact) mass is 343 g/mol. The highest BCUT2D eigenvalue weighted by molar-refractivity contribution is 8.13. The number of alkyl carbamates (subject to hydrolysis) is 1. The van der Waals surface area contributed by atoms with E-state index in [1.165, 1.54) is 18.9 Å². The fraction of sp³-hybridized carbons (Fsp3) is 0.118. The molecule has 0 aliphatic carbocycles. The summed E-state index contributed by atoms with van der Waals surface area (Å²) in [6, 6.07) is 13.8. The molecule has 0 aromatic heterocycles. The maximum atomic E-state index is 12.4. The summed E-state index contributed by atoms with van der Waals surface area (Å²) in [6.07, 6.45) is 1.15. The van der Waals surface area contributed by atoms with Gasteiger partial charge in [-0.2, -0.15) is 0 Å². The van der Waals surface area contributed by atoms with E-state index in [4.69, 9.17) is 5.73 Å². The molecule has 0 radical (unpaired) electrons. The number of nitrogens with one attached hydrogen (secondary N) is 1.